The molecule has 9 nitrogen and oxygen atoms in total. The third-order valence-corrected chi connectivity index (χ3v) is 4.93. The summed E-state index contributed by atoms with van der Waals surface area (Å²) in [6.07, 6.45) is 4.62. The second-order valence-corrected chi connectivity index (χ2v) is 8.33. The summed E-state index contributed by atoms with van der Waals surface area (Å²) in [6.45, 7) is 6.45. The fraction of sp³-hybridized carbons (Fsp3) is 0.368. The van der Waals surface area contributed by atoms with E-state index in [9.17, 15) is 9.59 Å². The van der Waals surface area contributed by atoms with Crippen LogP contribution in [-0.2, 0) is 17.8 Å². The number of nitrogens with two attached hydrogens (primary N) is 1. The van der Waals surface area contributed by atoms with Crippen LogP contribution in [0.4, 0.5) is 4.79 Å². The van der Waals surface area contributed by atoms with Crippen molar-refractivity contribution in [2.45, 2.75) is 39.5 Å². The molecule has 10 heteroatoms. The molecule has 0 spiro atoms. The lowest BCUT2D eigenvalue weighted by Gasteiger charge is -2.30. The van der Waals surface area contributed by atoms with Crippen molar-refractivity contribution in [2.75, 3.05) is 6.54 Å². The Morgan fingerprint density at radius 3 is 2.72 bits per heavy atom. The minimum absolute atomic E-state index is 0.182. The fourth-order valence-corrected chi connectivity index (χ4v) is 3.64. The Balaban J connectivity index is 1.75. The van der Waals surface area contributed by atoms with E-state index in [4.69, 9.17) is 22.1 Å². The Labute approximate surface area is 172 Å². The highest BCUT2D eigenvalue weighted by atomic mass is 35.5. The van der Waals surface area contributed by atoms with Crippen LogP contribution in [0, 0.1) is 0 Å². The average molecular weight is 417 g/mol. The molecular formula is C19H21ClN6O3. The Kier molecular flexibility index (Phi) is 4.49. The van der Waals surface area contributed by atoms with E-state index in [2.05, 4.69) is 10.1 Å². The van der Waals surface area contributed by atoms with E-state index >= 15 is 0 Å². The zero-order valence-corrected chi connectivity index (χ0v) is 17.1. The van der Waals surface area contributed by atoms with Gasteiger partial charge in [0.1, 0.15) is 11.3 Å². The second kappa shape index (κ2) is 6.77. The molecule has 0 bridgehead atoms. The van der Waals surface area contributed by atoms with Gasteiger partial charge in [0.25, 0.3) is 5.91 Å². The summed E-state index contributed by atoms with van der Waals surface area (Å²) < 4.78 is 8.92. The largest absolute Gasteiger partial charge is 0.444 e. The minimum atomic E-state index is -0.617. The van der Waals surface area contributed by atoms with Crippen LogP contribution >= 0.6 is 11.6 Å². The van der Waals surface area contributed by atoms with E-state index in [1.54, 1.807) is 38.8 Å². The number of rotatable bonds is 2. The van der Waals surface area contributed by atoms with Crippen molar-refractivity contribution in [1.82, 2.24) is 24.1 Å². The SMILES string of the molecule is CC(C)(C)OC(=O)N1CCn2nc(-c3cc(Cl)c4cncn4c3)c(C(N)=O)c2C1. The van der Waals surface area contributed by atoms with Crippen molar-refractivity contribution in [3.8, 4) is 11.3 Å². The number of hydrogen-bond acceptors (Lipinski definition) is 5. The van der Waals surface area contributed by atoms with E-state index in [0.29, 0.717) is 35.1 Å². The van der Waals surface area contributed by atoms with Gasteiger partial charge < -0.3 is 19.8 Å². The van der Waals surface area contributed by atoms with Crippen LogP contribution in [0.3, 0.4) is 0 Å². The summed E-state index contributed by atoms with van der Waals surface area (Å²) in [6, 6.07) is 1.73. The van der Waals surface area contributed by atoms with Crippen molar-refractivity contribution in [3.63, 3.8) is 0 Å². The Bertz CT molecular complexity index is 1130. The molecule has 0 saturated heterocycles. The first-order valence-electron chi connectivity index (χ1n) is 9.13. The molecule has 0 unspecified atom stereocenters. The Morgan fingerprint density at radius 2 is 2.03 bits per heavy atom. The molecule has 1 aliphatic rings. The molecule has 152 valence electrons. The number of carbonyl (C=O) groups is 2. The molecule has 3 aromatic rings. The standard InChI is InChI=1S/C19H21ClN6O3/c1-19(2,3)29-18(28)24-4-5-26-14(9-24)15(17(21)27)16(23-26)11-6-12(20)13-7-22-10-25(13)8-11/h6-8,10H,4-5,9H2,1-3H3,(H2,21,27). The van der Waals surface area contributed by atoms with E-state index in [1.807, 2.05) is 20.8 Å². The van der Waals surface area contributed by atoms with Crippen LogP contribution in [0.15, 0.2) is 24.8 Å². The first-order chi connectivity index (χ1) is 13.6. The van der Waals surface area contributed by atoms with E-state index < -0.39 is 17.6 Å². The number of halogens is 1. The number of fused-ring (bicyclic) bond motifs is 2. The summed E-state index contributed by atoms with van der Waals surface area (Å²) in [4.78, 5) is 30.4. The van der Waals surface area contributed by atoms with Crippen molar-refractivity contribution < 1.29 is 14.3 Å². The molecule has 4 rings (SSSR count). The second-order valence-electron chi connectivity index (χ2n) is 7.92. The van der Waals surface area contributed by atoms with Gasteiger partial charge in [-0.1, -0.05) is 11.6 Å². The van der Waals surface area contributed by atoms with E-state index in [0.717, 1.165) is 5.52 Å². The summed E-state index contributed by atoms with van der Waals surface area (Å²) in [5.74, 6) is -0.617. The van der Waals surface area contributed by atoms with Crippen LogP contribution in [0.1, 0.15) is 36.8 Å². The molecule has 0 radical (unpaired) electrons. The molecule has 0 atom stereocenters. The first kappa shape index (κ1) is 19.3. The van der Waals surface area contributed by atoms with Gasteiger partial charge in [-0.3, -0.25) is 9.48 Å². The highest BCUT2D eigenvalue weighted by molar-refractivity contribution is 6.34. The molecule has 0 aliphatic carbocycles. The molecule has 2 N–H and O–H groups in total. The maximum Gasteiger partial charge on any atom is 0.410 e. The Morgan fingerprint density at radius 1 is 1.28 bits per heavy atom. The number of amides is 2. The molecule has 1 aliphatic heterocycles. The summed E-state index contributed by atoms with van der Waals surface area (Å²) in [7, 11) is 0. The van der Waals surface area contributed by atoms with Crippen LogP contribution in [-0.4, -0.2) is 48.2 Å². The van der Waals surface area contributed by atoms with E-state index in [-0.39, 0.29) is 12.1 Å². The molecule has 0 saturated carbocycles. The van der Waals surface area contributed by atoms with Gasteiger partial charge in [-0.05, 0) is 26.8 Å². The maximum absolute atomic E-state index is 12.5. The summed E-state index contributed by atoms with van der Waals surface area (Å²) >= 11 is 6.36. The molecular weight excluding hydrogens is 396 g/mol. The lowest BCUT2D eigenvalue weighted by atomic mass is 10.1. The zero-order valence-electron chi connectivity index (χ0n) is 16.3. The fourth-order valence-electron chi connectivity index (χ4n) is 3.38. The molecule has 2 amide bonds. The maximum atomic E-state index is 12.5. The third kappa shape index (κ3) is 3.53. The number of carbonyl (C=O) groups excluding carboxylic acids is 2. The van der Waals surface area contributed by atoms with Crippen molar-refractivity contribution in [3.05, 3.63) is 41.1 Å². The van der Waals surface area contributed by atoms with E-state index in [1.165, 1.54) is 0 Å². The molecule has 3 aromatic heterocycles. The topological polar surface area (TPSA) is 108 Å². The number of nitrogens with zero attached hydrogens (tertiary/aromatic N) is 5. The molecule has 29 heavy (non-hydrogen) atoms. The first-order valence-corrected chi connectivity index (χ1v) is 9.51. The Hall–Kier alpha value is -3.07. The monoisotopic (exact) mass is 416 g/mol. The number of hydrogen-bond donors (Lipinski definition) is 1. The molecule has 0 fully saturated rings. The average Bonchev–Trinajstić information content (AvgIpc) is 3.23. The predicted octanol–water partition coefficient (Wildman–Crippen LogP) is 2.70. The number of imidazole rings is 1. The van der Waals surface area contributed by atoms with Crippen LogP contribution in [0.25, 0.3) is 16.8 Å². The lowest BCUT2D eigenvalue weighted by molar-refractivity contribution is 0.0193. The predicted molar refractivity (Wildman–Crippen MR) is 107 cm³/mol. The van der Waals surface area contributed by atoms with Crippen LogP contribution in [0.2, 0.25) is 5.02 Å². The number of pyridine rings is 1. The van der Waals surface area contributed by atoms with Crippen molar-refractivity contribution in [2.24, 2.45) is 5.73 Å². The number of primary amides is 1. The van der Waals surface area contributed by atoms with Gasteiger partial charge in [0.15, 0.2) is 0 Å². The number of aromatic nitrogens is 4. The van der Waals surface area contributed by atoms with Crippen LogP contribution in [0.5, 0.6) is 0 Å². The number of ether oxygens (including phenoxy) is 1. The molecule has 0 aromatic carbocycles. The quantitative estimate of drug-likeness (QED) is 0.691. The van der Waals surface area contributed by atoms with Gasteiger partial charge in [0, 0.05) is 18.3 Å². The van der Waals surface area contributed by atoms with Gasteiger partial charge in [-0.25, -0.2) is 9.78 Å². The van der Waals surface area contributed by atoms with Gasteiger partial charge in [0.2, 0.25) is 0 Å². The normalized spacial score (nSPS) is 14.1. The highest BCUT2D eigenvalue weighted by Crippen LogP contribution is 2.31. The highest BCUT2D eigenvalue weighted by Gasteiger charge is 2.31. The summed E-state index contributed by atoms with van der Waals surface area (Å²) in [5, 5.41) is 5.07. The van der Waals surface area contributed by atoms with Gasteiger partial charge in [0.05, 0.1) is 47.4 Å². The minimum Gasteiger partial charge on any atom is -0.444 e. The zero-order chi connectivity index (χ0) is 20.9. The van der Waals surface area contributed by atoms with Gasteiger partial charge >= 0.3 is 6.09 Å². The summed E-state index contributed by atoms with van der Waals surface area (Å²) in [5.41, 5.74) is 7.75. The van der Waals surface area contributed by atoms with Crippen LogP contribution < -0.4 is 5.73 Å². The lowest BCUT2D eigenvalue weighted by Crippen LogP contribution is -2.42. The van der Waals surface area contributed by atoms with Crippen molar-refractivity contribution >= 4 is 29.1 Å². The smallest absolute Gasteiger partial charge is 0.410 e. The third-order valence-electron chi connectivity index (χ3n) is 4.62. The van der Waals surface area contributed by atoms with Gasteiger partial charge in [-0.15, -0.1) is 0 Å². The molecule has 4 heterocycles. The van der Waals surface area contributed by atoms with Crippen molar-refractivity contribution in [1.29, 1.82) is 0 Å². The van der Waals surface area contributed by atoms with Gasteiger partial charge in [-0.2, -0.15) is 5.10 Å².